The molecule has 0 saturated carbocycles. The molecule has 6 heteroatoms. The van der Waals surface area contributed by atoms with Gasteiger partial charge in [-0.05, 0) is 36.5 Å². The van der Waals surface area contributed by atoms with Crippen LogP contribution in [0.4, 0.5) is 0 Å². The molecule has 1 atom stereocenters. The number of hydrogen-bond donors (Lipinski definition) is 0. The quantitative estimate of drug-likeness (QED) is 0.777. The van der Waals surface area contributed by atoms with Crippen LogP contribution in [0.2, 0.25) is 0 Å². The lowest BCUT2D eigenvalue weighted by atomic mass is 9.87. The van der Waals surface area contributed by atoms with Gasteiger partial charge in [-0.1, -0.05) is 30.3 Å². The molecule has 2 aromatic rings. The van der Waals surface area contributed by atoms with E-state index >= 15 is 0 Å². The van der Waals surface area contributed by atoms with Gasteiger partial charge in [-0.15, -0.1) is 11.3 Å². The van der Waals surface area contributed by atoms with E-state index in [4.69, 9.17) is 0 Å². The summed E-state index contributed by atoms with van der Waals surface area (Å²) in [7, 11) is 3.57. The number of fused-ring (bicyclic) bond motifs is 1. The summed E-state index contributed by atoms with van der Waals surface area (Å²) in [5, 5.41) is 0. The van der Waals surface area contributed by atoms with Crippen molar-refractivity contribution < 1.29 is 9.59 Å². The Morgan fingerprint density at radius 3 is 2.52 bits per heavy atom. The summed E-state index contributed by atoms with van der Waals surface area (Å²) >= 11 is 1.60. The van der Waals surface area contributed by atoms with E-state index < -0.39 is 0 Å². The van der Waals surface area contributed by atoms with E-state index in [-0.39, 0.29) is 11.8 Å². The number of piperazine rings is 1. The minimum absolute atomic E-state index is 0.0556. The maximum atomic E-state index is 13.1. The molecule has 2 amide bonds. The highest BCUT2D eigenvalue weighted by molar-refractivity contribution is 7.14. The third kappa shape index (κ3) is 4.54. The van der Waals surface area contributed by atoms with E-state index in [1.165, 1.54) is 16.0 Å². The van der Waals surface area contributed by atoms with Crippen LogP contribution in [0, 0.1) is 5.92 Å². The molecule has 0 radical (unpaired) electrons. The van der Waals surface area contributed by atoms with Crippen LogP contribution in [0.5, 0.6) is 0 Å². The number of thiophene rings is 1. The third-order valence-corrected chi connectivity index (χ3v) is 7.21. The predicted molar refractivity (Wildman–Crippen MR) is 116 cm³/mol. The molecule has 1 aromatic heterocycles. The van der Waals surface area contributed by atoms with Crippen molar-refractivity contribution in [2.45, 2.75) is 25.8 Å². The predicted octanol–water partition coefficient (Wildman–Crippen LogP) is 2.90. The Bertz CT molecular complexity index is 870. The highest BCUT2D eigenvalue weighted by atomic mass is 32.1. The summed E-state index contributed by atoms with van der Waals surface area (Å²) in [5.41, 5.74) is 2.53. The van der Waals surface area contributed by atoms with Gasteiger partial charge in [-0.25, -0.2) is 0 Å². The summed E-state index contributed by atoms with van der Waals surface area (Å²) in [6.45, 7) is 4.43. The van der Waals surface area contributed by atoms with Gasteiger partial charge in [-0.3, -0.25) is 14.5 Å². The molecule has 4 rings (SSSR count). The zero-order valence-corrected chi connectivity index (χ0v) is 18.1. The van der Waals surface area contributed by atoms with E-state index in [2.05, 4.69) is 34.1 Å². The third-order valence-electron chi connectivity index (χ3n) is 5.98. The van der Waals surface area contributed by atoms with Crippen molar-refractivity contribution in [3.8, 4) is 0 Å². The SMILES string of the molecule is CN(C)C(=O)c1cc2c(s1)CCC(C(=O)N1CCN(Cc3ccccc3)CC1)C2. The summed E-state index contributed by atoms with van der Waals surface area (Å²) in [4.78, 5) is 33.5. The summed E-state index contributed by atoms with van der Waals surface area (Å²) in [5.74, 6) is 0.406. The Morgan fingerprint density at radius 2 is 1.83 bits per heavy atom. The Kier molecular flexibility index (Phi) is 6.01. The number of amides is 2. The van der Waals surface area contributed by atoms with Crippen LogP contribution in [0.25, 0.3) is 0 Å². The molecule has 1 aromatic carbocycles. The Morgan fingerprint density at radius 1 is 1.10 bits per heavy atom. The van der Waals surface area contributed by atoms with Crippen molar-refractivity contribution in [1.82, 2.24) is 14.7 Å². The lowest BCUT2D eigenvalue weighted by Crippen LogP contribution is -2.50. The molecular weight excluding hydrogens is 382 g/mol. The molecule has 2 heterocycles. The van der Waals surface area contributed by atoms with E-state index in [1.54, 1.807) is 30.3 Å². The van der Waals surface area contributed by atoms with Crippen molar-refractivity contribution in [3.63, 3.8) is 0 Å². The largest absolute Gasteiger partial charge is 0.344 e. The number of aryl methyl sites for hydroxylation is 1. The van der Waals surface area contributed by atoms with Crippen LogP contribution >= 0.6 is 11.3 Å². The van der Waals surface area contributed by atoms with Crippen LogP contribution in [-0.4, -0.2) is 66.8 Å². The van der Waals surface area contributed by atoms with Gasteiger partial charge < -0.3 is 9.80 Å². The van der Waals surface area contributed by atoms with E-state index in [0.29, 0.717) is 5.91 Å². The van der Waals surface area contributed by atoms with Crippen molar-refractivity contribution in [1.29, 1.82) is 0 Å². The molecule has 1 aliphatic carbocycles. The van der Waals surface area contributed by atoms with Crippen molar-refractivity contribution in [2.24, 2.45) is 5.92 Å². The average Bonchev–Trinajstić information content (AvgIpc) is 3.17. The first-order valence-electron chi connectivity index (χ1n) is 10.4. The van der Waals surface area contributed by atoms with Gasteiger partial charge in [-0.2, -0.15) is 0 Å². The number of carbonyl (C=O) groups is 2. The zero-order chi connectivity index (χ0) is 20.4. The van der Waals surface area contributed by atoms with Crippen LogP contribution in [0.1, 0.15) is 32.1 Å². The first-order valence-corrected chi connectivity index (χ1v) is 11.2. The zero-order valence-electron chi connectivity index (χ0n) is 17.3. The second kappa shape index (κ2) is 8.67. The second-order valence-electron chi connectivity index (χ2n) is 8.29. The standard InChI is InChI=1S/C23H29N3O2S/c1-24(2)23(28)21-15-19-14-18(8-9-20(19)29-21)22(27)26-12-10-25(11-13-26)16-17-6-4-3-5-7-17/h3-7,15,18H,8-14,16H2,1-2H3. The van der Waals surface area contributed by atoms with Gasteiger partial charge in [0.15, 0.2) is 0 Å². The molecule has 0 N–H and O–H groups in total. The molecule has 1 fully saturated rings. The number of benzene rings is 1. The molecule has 29 heavy (non-hydrogen) atoms. The van der Waals surface area contributed by atoms with Crippen LogP contribution in [0.3, 0.4) is 0 Å². The number of nitrogens with zero attached hydrogens (tertiary/aromatic N) is 3. The van der Waals surface area contributed by atoms with Gasteiger partial charge >= 0.3 is 0 Å². The van der Waals surface area contributed by atoms with E-state index in [1.807, 2.05) is 12.1 Å². The monoisotopic (exact) mass is 411 g/mol. The van der Waals surface area contributed by atoms with Gasteiger partial charge in [0.1, 0.15) is 0 Å². The Balaban J connectivity index is 1.32. The lowest BCUT2D eigenvalue weighted by molar-refractivity contribution is -0.137. The van der Waals surface area contributed by atoms with E-state index in [0.717, 1.165) is 56.9 Å². The maximum absolute atomic E-state index is 13.1. The minimum atomic E-state index is 0.0556. The van der Waals surface area contributed by atoms with Gasteiger partial charge in [0.05, 0.1) is 4.88 Å². The Hall–Kier alpha value is -2.18. The molecule has 1 saturated heterocycles. The van der Waals surface area contributed by atoms with Gasteiger partial charge in [0.2, 0.25) is 5.91 Å². The first kappa shape index (κ1) is 20.1. The topological polar surface area (TPSA) is 43.9 Å². The average molecular weight is 412 g/mol. The number of carbonyl (C=O) groups excluding carboxylic acids is 2. The molecular formula is C23H29N3O2S. The Labute approximate surface area is 176 Å². The minimum Gasteiger partial charge on any atom is -0.344 e. The highest BCUT2D eigenvalue weighted by Crippen LogP contribution is 2.33. The van der Waals surface area contributed by atoms with E-state index in [9.17, 15) is 9.59 Å². The highest BCUT2D eigenvalue weighted by Gasteiger charge is 2.31. The van der Waals surface area contributed by atoms with Gasteiger partial charge in [0.25, 0.3) is 5.91 Å². The lowest BCUT2D eigenvalue weighted by Gasteiger charge is -2.37. The van der Waals surface area contributed by atoms with Crippen molar-refractivity contribution in [3.05, 3.63) is 57.3 Å². The van der Waals surface area contributed by atoms with Crippen molar-refractivity contribution >= 4 is 23.2 Å². The molecule has 154 valence electrons. The maximum Gasteiger partial charge on any atom is 0.263 e. The van der Waals surface area contributed by atoms with Crippen LogP contribution in [0.15, 0.2) is 36.4 Å². The first-order chi connectivity index (χ1) is 14.0. The second-order valence-corrected chi connectivity index (χ2v) is 9.42. The fourth-order valence-corrected chi connectivity index (χ4v) is 5.52. The normalized spacial score (nSPS) is 19.7. The summed E-state index contributed by atoms with van der Waals surface area (Å²) in [6.07, 6.45) is 2.58. The van der Waals surface area contributed by atoms with Crippen molar-refractivity contribution in [2.75, 3.05) is 40.3 Å². The fraction of sp³-hybridized carbons (Fsp3) is 0.478. The summed E-state index contributed by atoms with van der Waals surface area (Å²) < 4.78 is 0. The fourth-order valence-electron chi connectivity index (χ4n) is 4.29. The molecule has 1 aliphatic heterocycles. The number of rotatable bonds is 4. The van der Waals surface area contributed by atoms with Crippen LogP contribution in [-0.2, 0) is 24.2 Å². The number of hydrogen-bond acceptors (Lipinski definition) is 4. The van der Waals surface area contributed by atoms with Crippen LogP contribution < -0.4 is 0 Å². The molecule has 0 bridgehead atoms. The molecule has 1 unspecified atom stereocenters. The summed E-state index contributed by atoms with van der Waals surface area (Å²) in [6, 6.07) is 12.5. The van der Waals surface area contributed by atoms with Gasteiger partial charge in [0, 0.05) is 57.6 Å². The molecule has 5 nitrogen and oxygen atoms in total. The molecule has 0 spiro atoms. The molecule has 2 aliphatic rings. The smallest absolute Gasteiger partial charge is 0.263 e.